The van der Waals surface area contributed by atoms with Crippen molar-refractivity contribution < 1.29 is 35.9 Å². The fraction of sp³-hybridized carbons (Fsp3) is 0.565. The number of hydrogen-bond donors (Lipinski definition) is 6. The summed E-state index contributed by atoms with van der Waals surface area (Å²) in [6, 6.07) is 10.0. The maximum atomic E-state index is 13.0. The first-order valence-corrected chi connectivity index (χ1v) is 26.9. The van der Waals surface area contributed by atoms with Crippen LogP contribution in [0, 0.1) is 6.92 Å². The van der Waals surface area contributed by atoms with E-state index in [2.05, 4.69) is 46.0 Å². The number of carbonyl (C=O) groups excluding carboxylic acids is 2. The summed E-state index contributed by atoms with van der Waals surface area (Å²) in [5.74, 6) is 0.691. The van der Waals surface area contributed by atoms with E-state index in [4.69, 9.17) is 20.9 Å². The number of thiazole rings is 2. The molecule has 16 nitrogen and oxygen atoms in total. The molecule has 2 heterocycles. The molecule has 6 rings (SSSR count). The van der Waals surface area contributed by atoms with Gasteiger partial charge in [-0.1, -0.05) is 19.6 Å². The molecule has 0 radical (unpaired) electrons. The number of anilines is 2. The molecule has 0 aliphatic heterocycles. The van der Waals surface area contributed by atoms with Crippen molar-refractivity contribution in [2.75, 3.05) is 11.5 Å². The van der Waals surface area contributed by atoms with Crippen LogP contribution < -0.4 is 31.5 Å². The third-order valence-electron chi connectivity index (χ3n) is 9.38. The number of nitrogens with zero attached hydrogens (tertiary/aromatic N) is 2. The van der Waals surface area contributed by atoms with Gasteiger partial charge in [-0.15, -0.1) is 22.7 Å². The van der Waals surface area contributed by atoms with E-state index in [1.54, 1.807) is 90.3 Å². The highest BCUT2D eigenvalue weighted by Crippen LogP contribution is 2.43. The van der Waals surface area contributed by atoms with Gasteiger partial charge in [-0.05, 0) is 161 Å². The van der Waals surface area contributed by atoms with Gasteiger partial charge in [0, 0.05) is 58.1 Å². The number of nitrogen functional groups attached to an aromatic ring is 2. The smallest absolute Gasteiger partial charge is 0.407 e. The summed E-state index contributed by atoms with van der Waals surface area (Å²) in [5.41, 5.74) is 11.5. The van der Waals surface area contributed by atoms with Crippen molar-refractivity contribution in [2.24, 2.45) is 0 Å². The van der Waals surface area contributed by atoms with Crippen LogP contribution in [0.3, 0.4) is 0 Å². The Balaban J connectivity index is 0.000000289. The number of aromatic nitrogens is 2. The summed E-state index contributed by atoms with van der Waals surface area (Å²) in [5, 5.41) is 7.83. The number of nitrogens with two attached hydrogens (primary N) is 2. The number of alkyl carbamates (subject to hydrolysis) is 2. The molecule has 2 amide bonds. The molecule has 2 saturated carbocycles. The second kappa shape index (κ2) is 22.3. The Morgan fingerprint density at radius 3 is 1.48 bits per heavy atom. The van der Waals surface area contributed by atoms with Gasteiger partial charge in [-0.2, -0.15) is 0 Å². The quantitative estimate of drug-likeness (QED) is 0.0857. The normalized spacial score (nSPS) is 18.5. The summed E-state index contributed by atoms with van der Waals surface area (Å²) >= 11 is 6.54. The molecule has 21 heteroatoms. The molecule has 2 aromatic carbocycles. The molecule has 8 N–H and O–H groups in total. The summed E-state index contributed by atoms with van der Waals surface area (Å²) in [6.45, 7) is 23.6. The molecule has 0 bridgehead atoms. The average molecular weight is 1070 g/mol. The Morgan fingerprint density at radius 2 is 1.06 bits per heavy atom. The Kier molecular flexibility index (Phi) is 19.1. The van der Waals surface area contributed by atoms with Crippen LogP contribution in [-0.4, -0.2) is 73.4 Å². The third kappa shape index (κ3) is 18.5. The fourth-order valence-electron chi connectivity index (χ4n) is 6.67. The minimum Gasteiger partial charge on any atom is -0.444 e. The number of amides is 2. The van der Waals surface area contributed by atoms with Crippen LogP contribution in [0.5, 0.6) is 0 Å². The Bertz CT molecular complexity index is 2540. The van der Waals surface area contributed by atoms with Crippen molar-refractivity contribution in [2.45, 2.75) is 179 Å². The molecular formula is C46H71BrN8O8S4. The van der Waals surface area contributed by atoms with Gasteiger partial charge in [-0.25, -0.2) is 45.8 Å². The molecule has 2 fully saturated rings. The monoisotopic (exact) mass is 1070 g/mol. The zero-order valence-corrected chi connectivity index (χ0v) is 44.9. The van der Waals surface area contributed by atoms with E-state index in [1.165, 1.54) is 23.5 Å². The predicted octanol–water partition coefficient (Wildman–Crippen LogP) is 10.2. The Morgan fingerprint density at radius 1 is 0.657 bits per heavy atom. The number of aryl methyl sites for hydroxylation is 1. The van der Waals surface area contributed by atoms with Crippen LogP contribution in [0.4, 0.5) is 21.0 Å². The van der Waals surface area contributed by atoms with Crippen molar-refractivity contribution in [1.29, 1.82) is 0 Å². The van der Waals surface area contributed by atoms with Crippen LogP contribution in [-0.2, 0) is 29.5 Å². The van der Waals surface area contributed by atoms with Crippen LogP contribution in [0.1, 0.15) is 144 Å². The van der Waals surface area contributed by atoms with Crippen LogP contribution in [0.15, 0.2) is 62.4 Å². The molecule has 374 valence electrons. The van der Waals surface area contributed by atoms with Crippen molar-refractivity contribution in [1.82, 2.24) is 30.0 Å². The first kappa shape index (κ1) is 57.5. The lowest BCUT2D eigenvalue weighted by atomic mass is 9.81. The van der Waals surface area contributed by atoms with Crippen LogP contribution >= 0.6 is 38.6 Å². The van der Waals surface area contributed by atoms with Gasteiger partial charge >= 0.3 is 12.2 Å². The van der Waals surface area contributed by atoms with Crippen molar-refractivity contribution in [3.8, 4) is 10.4 Å². The van der Waals surface area contributed by atoms with Gasteiger partial charge in [0.1, 0.15) is 11.2 Å². The van der Waals surface area contributed by atoms with Crippen molar-refractivity contribution in [3.63, 3.8) is 0 Å². The minimum atomic E-state index is -3.77. The molecule has 0 spiro atoms. The highest BCUT2D eigenvalue weighted by molar-refractivity contribution is 9.11. The van der Waals surface area contributed by atoms with E-state index in [0.29, 0.717) is 28.4 Å². The fourth-order valence-corrected chi connectivity index (χ4v) is 12.6. The molecule has 2 aromatic heterocycles. The van der Waals surface area contributed by atoms with Crippen molar-refractivity contribution >= 4 is 82.2 Å². The van der Waals surface area contributed by atoms with E-state index in [0.717, 1.165) is 44.4 Å². The first-order chi connectivity index (χ1) is 30.1. The lowest BCUT2D eigenvalue weighted by Gasteiger charge is -2.35. The predicted molar refractivity (Wildman–Crippen MR) is 275 cm³/mol. The average Bonchev–Trinajstić information content (AvgIpc) is 3.75. The van der Waals surface area contributed by atoms with Crippen LogP contribution in [0.25, 0.3) is 10.4 Å². The molecule has 2 aliphatic rings. The SMILES string of the molecule is C.CC(C)(C)NS(=O)(=O)c1cc(N)ccc1-c1cnc(C2CC(NC(=O)OC(C)(C)C)C2)s1.CC(C)(C)OC(=O)NC1CC(c2ncc(Br)s2)C1.Cc1ccc(N)cc1S(=O)(=O)NC(C)(C)C. The number of carbonyl (C=O) groups is 2. The molecule has 0 unspecified atom stereocenters. The second-order valence-corrected chi connectivity index (χ2v) is 27.4. The minimum absolute atomic E-state index is 0. The number of halogens is 1. The summed E-state index contributed by atoms with van der Waals surface area (Å²) in [6.07, 6.45) is 6.22. The molecule has 0 saturated heterocycles. The molecular weight excluding hydrogens is 1000 g/mol. The summed E-state index contributed by atoms with van der Waals surface area (Å²) in [4.78, 5) is 33.5. The zero-order valence-electron chi connectivity index (χ0n) is 40.1. The Hall–Kier alpha value is -3.86. The molecule has 2 aliphatic carbocycles. The van der Waals surface area contributed by atoms with Crippen LogP contribution in [0.2, 0.25) is 0 Å². The largest absolute Gasteiger partial charge is 0.444 e. The number of sulfonamides is 2. The lowest BCUT2D eigenvalue weighted by molar-refractivity contribution is 0.0459. The summed E-state index contributed by atoms with van der Waals surface area (Å²) in [7, 11) is -7.27. The number of rotatable bonds is 9. The molecule has 0 atom stereocenters. The maximum Gasteiger partial charge on any atom is 0.407 e. The first-order valence-electron chi connectivity index (χ1n) is 21.5. The van der Waals surface area contributed by atoms with E-state index < -0.39 is 48.4 Å². The standard InChI is InChI=1S/C22H32N4O4S2.C12H17BrN2O2S.C11H18N2O2S.CH4/c1-21(2,3)26-32(28,29)18-11-14(23)7-8-16(18)17-12-24-19(31-17)13-9-15(10-13)25-20(27)30-22(4,5)6;1-12(2,3)17-11(16)15-8-4-7(5-8)10-14-6-9(13)18-10;1-8-5-6-9(12)7-10(8)16(14,15)13-11(2,3)4;/h7-8,11-13,15,26H,9-10,23H2,1-6H3,(H,25,27);6-8H,4-5H2,1-3H3,(H,15,16);5-7,13H,12H2,1-4H3;1H4. The molecule has 67 heavy (non-hydrogen) atoms. The van der Waals surface area contributed by atoms with E-state index in [1.807, 2.05) is 47.7 Å². The molecule has 4 aromatic rings. The third-order valence-corrected chi connectivity index (χ3v) is 15.9. The van der Waals surface area contributed by atoms with Gasteiger partial charge in [-0.3, -0.25) is 0 Å². The van der Waals surface area contributed by atoms with Gasteiger partial charge in [0.05, 0.1) is 34.7 Å². The number of hydrogen-bond acceptors (Lipinski definition) is 14. The van der Waals surface area contributed by atoms with E-state index >= 15 is 0 Å². The second-order valence-electron chi connectivity index (χ2n) is 20.6. The maximum absolute atomic E-state index is 13.0. The Labute approximate surface area is 414 Å². The van der Waals surface area contributed by atoms with E-state index in [9.17, 15) is 26.4 Å². The van der Waals surface area contributed by atoms with Gasteiger partial charge in [0.25, 0.3) is 0 Å². The number of nitrogens with one attached hydrogen (secondary N) is 4. The summed E-state index contributed by atoms with van der Waals surface area (Å²) < 4.78 is 67.0. The number of benzene rings is 2. The van der Waals surface area contributed by atoms with E-state index in [-0.39, 0.29) is 41.3 Å². The van der Waals surface area contributed by atoms with Gasteiger partial charge in [0.15, 0.2) is 0 Å². The van der Waals surface area contributed by atoms with Crippen molar-refractivity contribution in [3.05, 3.63) is 68.2 Å². The topological polar surface area (TPSA) is 247 Å². The lowest BCUT2D eigenvalue weighted by Crippen LogP contribution is -2.45. The highest BCUT2D eigenvalue weighted by atomic mass is 79.9. The zero-order chi connectivity index (χ0) is 49.8. The van der Waals surface area contributed by atoms with Gasteiger partial charge < -0.3 is 31.6 Å². The number of ether oxygens (including phenoxy) is 2. The highest BCUT2D eigenvalue weighted by Gasteiger charge is 2.36. The van der Waals surface area contributed by atoms with Gasteiger partial charge in [0.2, 0.25) is 20.0 Å².